The van der Waals surface area contributed by atoms with Crippen molar-refractivity contribution in [3.63, 3.8) is 0 Å². The SMILES string of the molecule is COC(=O)/C=C/c1cc(OC)c(OC)c(S(=O)(=O)NNC(=O)c2cc3c(s2)CCCCC3)c1. The van der Waals surface area contributed by atoms with Crippen molar-refractivity contribution in [2.45, 2.75) is 37.0 Å². The van der Waals surface area contributed by atoms with Gasteiger partial charge in [-0.3, -0.25) is 10.2 Å². The average molecular weight is 495 g/mol. The van der Waals surface area contributed by atoms with Gasteiger partial charge in [0.15, 0.2) is 11.5 Å². The summed E-state index contributed by atoms with van der Waals surface area (Å²) in [7, 11) is -0.351. The number of carbonyl (C=O) groups excluding carboxylic acids is 2. The highest BCUT2D eigenvalue weighted by molar-refractivity contribution is 7.89. The van der Waals surface area contributed by atoms with Crippen LogP contribution >= 0.6 is 11.3 Å². The molecule has 178 valence electrons. The maximum atomic E-state index is 13.0. The van der Waals surface area contributed by atoms with Crippen molar-refractivity contribution in [3.8, 4) is 11.5 Å². The van der Waals surface area contributed by atoms with Crippen LogP contribution in [-0.2, 0) is 32.4 Å². The van der Waals surface area contributed by atoms with Gasteiger partial charge in [0, 0.05) is 11.0 Å². The summed E-state index contributed by atoms with van der Waals surface area (Å²) in [5.41, 5.74) is 3.78. The van der Waals surface area contributed by atoms with E-state index in [2.05, 4.69) is 15.0 Å². The summed E-state index contributed by atoms with van der Waals surface area (Å²) in [4.78, 5) is 27.5. The number of nitrogens with one attached hydrogen (secondary N) is 2. The van der Waals surface area contributed by atoms with Crippen LogP contribution in [0.3, 0.4) is 0 Å². The van der Waals surface area contributed by atoms with E-state index in [4.69, 9.17) is 9.47 Å². The molecule has 2 N–H and O–H groups in total. The van der Waals surface area contributed by atoms with Crippen LogP contribution in [0.5, 0.6) is 11.5 Å². The molecule has 1 aliphatic carbocycles. The first-order chi connectivity index (χ1) is 15.8. The smallest absolute Gasteiger partial charge is 0.330 e. The van der Waals surface area contributed by atoms with Gasteiger partial charge in [0.05, 0.1) is 26.2 Å². The molecule has 11 heteroatoms. The van der Waals surface area contributed by atoms with Gasteiger partial charge in [-0.2, -0.15) is 0 Å². The maximum Gasteiger partial charge on any atom is 0.330 e. The Balaban J connectivity index is 1.84. The number of methoxy groups -OCH3 is 3. The van der Waals surface area contributed by atoms with Crippen molar-refractivity contribution in [3.05, 3.63) is 45.2 Å². The highest BCUT2D eigenvalue weighted by Gasteiger charge is 2.25. The van der Waals surface area contributed by atoms with Crippen LogP contribution in [0.15, 0.2) is 29.2 Å². The molecule has 0 saturated heterocycles. The predicted octanol–water partition coefficient (Wildman–Crippen LogP) is 2.84. The van der Waals surface area contributed by atoms with Gasteiger partial charge < -0.3 is 14.2 Å². The van der Waals surface area contributed by atoms with E-state index in [1.165, 1.54) is 62.2 Å². The fourth-order valence-corrected chi connectivity index (χ4v) is 5.69. The van der Waals surface area contributed by atoms with Crippen molar-refractivity contribution in [1.29, 1.82) is 0 Å². The molecule has 1 aliphatic rings. The maximum absolute atomic E-state index is 13.0. The predicted molar refractivity (Wildman–Crippen MR) is 124 cm³/mol. The number of sulfonamides is 1. The lowest BCUT2D eigenvalue weighted by atomic mass is 10.1. The zero-order valence-corrected chi connectivity index (χ0v) is 20.2. The minimum Gasteiger partial charge on any atom is -0.493 e. The molecule has 0 bridgehead atoms. The Hall–Kier alpha value is -2.89. The quantitative estimate of drug-likeness (QED) is 0.251. The number of ether oxygens (including phenoxy) is 3. The third-order valence-electron chi connectivity index (χ3n) is 5.14. The number of hydrogen-bond donors (Lipinski definition) is 2. The summed E-state index contributed by atoms with van der Waals surface area (Å²) in [6, 6.07) is 4.63. The Morgan fingerprint density at radius 2 is 1.79 bits per heavy atom. The minimum atomic E-state index is -4.25. The Labute approximate surface area is 196 Å². The number of amides is 1. The molecule has 1 amide bonds. The molecule has 0 atom stereocenters. The molecule has 1 aromatic carbocycles. The van der Waals surface area contributed by atoms with Gasteiger partial charge in [-0.15, -0.1) is 16.2 Å². The topological polar surface area (TPSA) is 120 Å². The molecule has 0 radical (unpaired) electrons. The summed E-state index contributed by atoms with van der Waals surface area (Å²) >= 11 is 1.39. The Morgan fingerprint density at radius 1 is 1.03 bits per heavy atom. The van der Waals surface area contributed by atoms with E-state index in [-0.39, 0.29) is 16.4 Å². The third kappa shape index (κ3) is 5.92. The van der Waals surface area contributed by atoms with Gasteiger partial charge in [0.25, 0.3) is 15.9 Å². The second kappa shape index (κ2) is 10.8. The minimum absolute atomic E-state index is 0.0442. The molecule has 0 fully saturated rings. The summed E-state index contributed by atoms with van der Waals surface area (Å²) in [6.45, 7) is 0. The normalized spacial score (nSPS) is 13.8. The largest absolute Gasteiger partial charge is 0.493 e. The molecule has 9 nitrogen and oxygen atoms in total. The molecular weight excluding hydrogens is 468 g/mol. The Kier molecular flexibility index (Phi) is 8.11. The van der Waals surface area contributed by atoms with Crippen molar-refractivity contribution in [1.82, 2.24) is 10.3 Å². The number of hydrazine groups is 1. The van der Waals surface area contributed by atoms with Crippen LogP contribution in [0.2, 0.25) is 0 Å². The second-order valence-corrected chi connectivity index (χ2v) is 10.1. The van der Waals surface area contributed by atoms with E-state index in [1.54, 1.807) is 0 Å². The number of thiophene rings is 1. The van der Waals surface area contributed by atoms with E-state index in [9.17, 15) is 18.0 Å². The van der Waals surface area contributed by atoms with Crippen LogP contribution < -0.4 is 19.7 Å². The van der Waals surface area contributed by atoms with E-state index in [0.717, 1.165) is 37.3 Å². The monoisotopic (exact) mass is 494 g/mol. The molecular formula is C22H26N2O7S2. The zero-order chi connectivity index (χ0) is 24.0. The number of benzene rings is 1. The zero-order valence-electron chi connectivity index (χ0n) is 18.6. The fourth-order valence-electron chi connectivity index (χ4n) is 3.49. The highest BCUT2D eigenvalue weighted by atomic mass is 32.2. The summed E-state index contributed by atoms with van der Waals surface area (Å²) < 4.78 is 41.1. The second-order valence-electron chi connectivity index (χ2n) is 7.29. The first-order valence-electron chi connectivity index (χ1n) is 10.2. The van der Waals surface area contributed by atoms with Gasteiger partial charge in [-0.05, 0) is 61.1 Å². The van der Waals surface area contributed by atoms with Gasteiger partial charge in [0.2, 0.25) is 0 Å². The number of rotatable bonds is 8. The third-order valence-corrected chi connectivity index (χ3v) is 7.63. The standard InChI is InChI=1S/C22H26N2O7S2/c1-29-16-11-14(9-10-20(25)30-2)12-19(21(16)31-3)33(27,28)24-23-22(26)18-13-15-7-5-4-6-8-17(15)32-18/h9-13,24H,4-8H2,1-3H3,(H,23,26)/b10-9+. The molecule has 0 saturated carbocycles. The van der Waals surface area contributed by atoms with Crippen molar-refractivity contribution in [2.24, 2.45) is 0 Å². The summed E-state index contributed by atoms with van der Waals surface area (Å²) in [5, 5.41) is 0. The van der Waals surface area contributed by atoms with Crippen LogP contribution in [0, 0.1) is 0 Å². The van der Waals surface area contributed by atoms with Crippen LogP contribution in [0.1, 0.15) is 44.9 Å². The number of aryl methyl sites for hydroxylation is 2. The summed E-state index contributed by atoms with van der Waals surface area (Å²) in [6.07, 6.45) is 7.72. The number of esters is 1. The van der Waals surface area contributed by atoms with Gasteiger partial charge in [0.1, 0.15) is 4.90 Å². The first kappa shape index (κ1) is 24.7. The molecule has 0 spiro atoms. The molecule has 1 aromatic heterocycles. The number of fused-ring (bicyclic) bond motifs is 1. The van der Waals surface area contributed by atoms with E-state index >= 15 is 0 Å². The lowest BCUT2D eigenvalue weighted by molar-refractivity contribution is -0.134. The Morgan fingerprint density at radius 3 is 2.48 bits per heavy atom. The lowest BCUT2D eigenvalue weighted by Gasteiger charge is -2.15. The van der Waals surface area contributed by atoms with Crippen molar-refractivity contribution >= 4 is 39.3 Å². The van der Waals surface area contributed by atoms with Gasteiger partial charge in [-0.25, -0.2) is 13.2 Å². The number of hydrogen-bond acceptors (Lipinski definition) is 8. The number of carbonyl (C=O) groups is 2. The van der Waals surface area contributed by atoms with Crippen LogP contribution in [-0.4, -0.2) is 41.6 Å². The molecule has 0 aliphatic heterocycles. The first-order valence-corrected chi connectivity index (χ1v) is 12.5. The molecule has 3 rings (SSSR count). The van der Waals surface area contributed by atoms with E-state index < -0.39 is 21.9 Å². The molecule has 33 heavy (non-hydrogen) atoms. The summed E-state index contributed by atoms with van der Waals surface area (Å²) in [5.74, 6) is -1.05. The van der Waals surface area contributed by atoms with Crippen molar-refractivity contribution in [2.75, 3.05) is 21.3 Å². The lowest BCUT2D eigenvalue weighted by Crippen LogP contribution is -2.41. The Bertz CT molecular complexity index is 1150. The molecule has 2 aromatic rings. The van der Waals surface area contributed by atoms with E-state index in [0.29, 0.717) is 10.4 Å². The average Bonchev–Trinajstić information content (AvgIpc) is 3.10. The fraction of sp³-hybridized carbons (Fsp3) is 0.364. The van der Waals surface area contributed by atoms with Gasteiger partial charge >= 0.3 is 5.97 Å². The van der Waals surface area contributed by atoms with Gasteiger partial charge in [-0.1, -0.05) is 6.42 Å². The van der Waals surface area contributed by atoms with Crippen LogP contribution in [0.4, 0.5) is 0 Å². The molecule has 1 heterocycles. The van der Waals surface area contributed by atoms with Crippen molar-refractivity contribution < 1.29 is 32.2 Å². The van der Waals surface area contributed by atoms with Crippen LogP contribution in [0.25, 0.3) is 6.08 Å². The van der Waals surface area contributed by atoms with E-state index in [1.807, 2.05) is 6.07 Å². The highest BCUT2D eigenvalue weighted by Crippen LogP contribution is 2.36. The molecule has 0 unspecified atom stereocenters.